The van der Waals surface area contributed by atoms with Gasteiger partial charge < -0.3 is 20.2 Å². The first kappa shape index (κ1) is 26.7. The zero-order chi connectivity index (χ0) is 28.3. The third kappa shape index (κ3) is 6.52. The molecule has 0 aliphatic rings. The lowest BCUT2D eigenvalue weighted by molar-refractivity contribution is 0.0634. The van der Waals surface area contributed by atoms with Gasteiger partial charge in [-0.2, -0.15) is 5.10 Å². The number of nitrogens with two attached hydrogens (primary N) is 1. The molecule has 0 bridgehead atoms. The van der Waals surface area contributed by atoms with Crippen LogP contribution in [0.15, 0.2) is 59.5 Å². The molecular weight excluding hydrogens is 506 g/mol. The molecule has 4 N–H and O–H groups in total. The maximum absolute atomic E-state index is 12.9. The van der Waals surface area contributed by atoms with Gasteiger partial charge in [0.2, 0.25) is 5.89 Å². The molecule has 0 fully saturated rings. The number of anilines is 2. The number of benzene rings is 1. The number of primary amides is 1. The standard InChI is InChI=1S/C26H25N7O6/c1-14(34)15-5-7-17(8-6-15)33-12-18(21(32-33)22(27)35)29-23(36)19-13-38-24(30-19)16-9-10-28-20(11-16)31-25(37)39-26(2,3)4/h5-13H,1-4H3,(H2,27,35)(H,29,36)(H,28,31,37). The Kier molecular flexibility index (Phi) is 7.25. The topological polar surface area (TPSA) is 184 Å². The summed E-state index contributed by atoms with van der Waals surface area (Å²) in [5.41, 5.74) is 6.07. The lowest BCUT2D eigenvalue weighted by Gasteiger charge is -2.19. The summed E-state index contributed by atoms with van der Waals surface area (Å²) in [6.45, 7) is 6.66. The third-order valence-electron chi connectivity index (χ3n) is 5.11. The van der Waals surface area contributed by atoms with E-state index in [1.54, 1.807) is 51.1 Å². The van der Waals surface area contributed by atoms with E-state index in [9.17, 15) is 19.2 Å². The molecule has 3 heterocycles. The number of pyridine rings is 1. The number of nitrogens with one attached hydrogen (secondary N) is 2. The van der Waals surface area contributed by atoms with E-state index in [2.05, 4.69) is 25.7 Å². The second-order valence-corrected chi connectivity index (χ2v) is 9.35. The fraction of sp³-hybridized carbons (Fsp3) is 0.192. The lowest BCUT2D eigenvalue weighted by atomic mass is 10.1. The number of Topliss-reactive ketones (excluding diaryl/α,β-unsaturated/α-hetero) is 1. The summed E-state index contributed by atoms with van der Waals surface area (Å²) < 4.78 is 12.0. The van der Waals surface area contributed by atoms with Gasteiger partial charge in [-0.3, -0.25) is 19.7 Å². The maximum Gasteiger partial charge on any atom is 0.413 e. The van der Waals surface area contributed by atoms with E-state index in [0.717, 1.165) is 6.26 Å². The Hall–Kier alpha value is -5.33. The van der Waals surface area contributed by atoms with Gasteiger partial charge in [0.15, 0.2) is 17.2 Å². The summed E-state index contributed by atoms with van der Waals surface area (Å²) in [4.78, 5) is 56.7. The highest BCUT2D eigenvalue weighted by atomic mass is 16.6. The predicted molar refractivity (Wildman–Crippen MR) is 140 cm³/mol. The second kappa shape index (κ2) is 10.6. The SMILES string of the molecule is CC(=O)c1ccc(-n2cc(NC(=O)c3coc(-c4ccnc(NC(=O)OC(C)(C)C)c4)n3)c(C(N)=O)n2)cc1. The number of aromatic nitrogens is 4. The van der Waals surface area contributed by atoms with Gasteiger partial charge in [0.1, 0.15) is 17.7 Å². The molecule has 3 amide bonds. The number of carbonyl (C=O) groups excluding carboxylic acids is 4. The number of nitrogens with zero attached hydrogens (tertiary/aromatic N) is 4. The molecule has 0 unspecified atom stereocenters. The molecule has 39 heavy (non-hydrogen) atoms. The lowest BCUT2D eigenvalue weighted by Crippen LogP contribution is -2.27. The zero-order valence-corrected chi connectivity index (χ0v) is 21.5. The van der Waals surface area contributed by atoms with E-state index < -0.39 is 23.5 Å². The normalized spacial score (nSPS) is 11.1. The van der Waals surface area contributed by atoms with Gasteiger partial charge in [-0.15, -0.1) is 0 Å². The van der Waals surface area contributed by atoms with Crippen LogP contribution in [0.25, 0.3) is 17.1 Å². The molecule has 0 spiro atoms. The Morgan fingerprint density at radius 1 is 1.05 bits per heavy atom. The van der Waals surface area contributed by atoms with Gasteiger partial charge in [-0.05, 0) is 64.1 Å². The summed E-state index contributed by atoms with van der Waals surface area (Å²) in [6.07, 6.45) is 3.31. The quantitative estimate of drug-likeness (QED) is 0.298. The minimum Gasteiger partial charge on any atom is -0.444 e. The van der Waals surface area contributed by atoms with Crippen molar-refractivity contribution in [1.29, 1.82) is 0 Å². The average molecular weight is 532 g/mol. The number of hydrogen-bond acceptors (Lipinski definition) is 9. The minimum atomic E-state index is -0.855. The van der Waals surface area contributed by atoms with Crippen molar-refractivity contribution in [3.63, 3.8) is 0 Å². The minimum absolute atomic E-state index is 0.0560. The van der Waals surface area contributed by atoms with Gasteiger partial charge in [0, 0.05) is 17.3 Å². The van der Waals surface area contributed by atoms with Crippen molar-refractivity contribution in [2.75, 3.05) is 10.6 Å². The van der Waals surface area contributed by atoms with Crippen molar-refractivity contribution >= 4 is 35.2 Å². The molecule has 4 aromatic rings. The van der Waals surface area contributed by atoms with E-state index >= 15 is 0 Å². The van der Waals surface area contributed by atoms with Gasteiger partial charge in [-0.25, -0.2) is 19.4 Å². The summed E-state index contributed by atoms with van der Waals surface area (Å²) in [5, 5.41) is 9.24. The Bertz CT molecular complexity index is 1560. The number of amides is 3. The molecule has 3 aromatic heterocycles. The molecular formula is C26H25N7O6. The van der Waals surface area contributed by atoms with Crippen LogP contribution in [0.2, 0.25) is 0 Å². The molecule has 0 aliphatic heterocycles. The predicted octanol–water partition coefficient (Wildman–Crippen LogP) is 3.82. The molecule has 0 aliphatic carbocycles. The van der Waals surface area contributed by atoms with E-state index in [1.807, 2.05) is 0 Å². The Labute approximate surface area is 222 Å². The molecule has 200 valence electrons. The van der Waals surface area contributed by atoms with Crippen molar-refractivity contribution in [2.45, 2.75) is 33.3 Å². The Balaban J connectivity index is 1.51. The van der Waals surface area contributed by atoms with Crippen LogP contribution in [-0.4, -0.2) is 49.0 Å². The van der Waals surface area contributed by atoms with Crippen molar-refractivity contribution in [3.05, 3.63) is 72.0 Å². The molecule has 1 aromatic carbocycles. The smallest absolute Gasteiger partial charge is 0.413 e. The van der Waals surface area contributed by atoms with Crippen LogP contribution in [0.1, 0.15) is 59.0 Å². The summed E-state index contributed by atoms with van der Waals surface area (Å²) in [7, 11) is 0. The van der Waals surface area contributed by atoms with Crippen molar-refractivity contribution in [2.24, 2.45) is 5.73 Å². The third-order valence-corrected chi connectivity index (χ3v) is 5.11. The van der Waals surface area contributed by atoms with Crippen molar-refractivity contribution < 1.29 is 28.3 Å². The highest BCUT2D eigenvalue weighted by Gasteiger charge is 2.21. The number of ether oxygens (including phenoxy) is 1. The number of carbonyl (C=O) groups is 4. The van der Waals surface area contributed by atoms with Gasteiger partial charge in [-0.1, -0.05) is 0 Å². The largest absolute Gasteiger partial charge is 0.444 e. The summed E-state index contributed by atoms with van der Waals surface area (Å²) in [6, 6.07) is 9.61. The molecule has 0 saturated heterocycles. The first-order chi connectivity index (χ1) is 18.4. The van der Waals surface area contributed by atoms with Crippen molar-refractivity contribution in [1.82, 2.24) is 19.7 Å². The number of rotatable bonds is 7. The van der Waals surface area contributed by atoms with E-state index in [0.29, 0.717) is 16.8 Å². The van der Waals surface area contributed by atoms with Crippen LogP contribution in [0.5, 0.6) is 0 Å². The number of ketones is 1. The molecule has 4 rings (SSSR count). The Morgan fingerprint density at radius 2 is 1.77 bits per heavy atom. The molecule has 13 nitrogen and oxygen atoms in total. The van der Waals surface area contributed by atoms with Crippen LogP contribution >= 0.6 is 0 Å². The first-order valence-corrected chi connectivity index (χ1v) is 11.6. The van der Waals surface area contributed by atoms with Crippen LogP contribution in [-0.2, 0) is 4.74 Å². The van der Waals surface area contributed by atoms with Gasteiger partial charge in [0.05, 0.1) is 17.6 Å². The number of oxazole rings is 1. The molecule has 0 radical (unpaired) electrons. The molecule has 0 saturated carbocycles. The molecule has 0 atom stereocenters. The fourth-order valence-corrected chi connectivity index (χ4v) is 3.37. The number of hydrogen-bond donors (Lipinski definition) is 3. The highest BCUT2D eigenvalue weighted by molar-refractivity contribution is 6.07. The van der Waals surface area contributed by atoms with E-state index in [-0.39, 0.29) is 34.6 Å². The van der Waals surface area contributed by atoms with Crippen LogP contribution in [0.3, 0.4) is 0 Å². The fourth-order valence-electron chi connectivity index (χ4n) is 3.37. The van der Waals surface area contributed by atoms with E-state index in [4.69, 9.17) is 14.9 Å². The first-order valence-electron chi connectivity index (χ1n) is 11.6. The van der Waals surface area contributed by atoms with Gasteiger partial charge in [0.25, 0.3) is 11.8 Å². The van der Waals surface area contributed by atoms with Crippen LogP contribution in [0.4, 0.5) is 16.3 Å². The summed E-state index contributed by atoms with van der Waals surface area (Å²) >= 11 is 0. The van der Waals surface area contributed by atoms with Crippen LogP contribution in [0, 0.1) is 0 Å². The Morgan fingerprint density at radius 3 is 2.41 bits per heavy atom. The highest BCUT2D eigenvalue weighted by Crippen LogP contribution is 2.23. The second-order valence-electron chi connectivity index (χ2n) is 9.35. The monoisotopic (exact) mass is 531 g/mol. The van der Waals surface area contributed by atoms with E-state index in [1.165, 1.54) is 30.1 Å². The van der Waals surface area contributed by atoms with Crippen LogP contribution < -0.4 is 16.4 Å². The average Bonchev–Trinajstić information content (AvgIpc) is 3.51. The molecule has 13 heteroatoms. The summed E-state index contributed by atoms with van der Waals surface area (Å²) in [5.74, 6) is -1.35. The zero-order valence-electron chi connectivity index (χ0n) is 21.5. The van der Waals surface area contributed by atoms with Crippen molar-refractivity contribution in [3.8, 4) is 17.1 Å². The van der Waals surface area contributed by atoms with Gasteiger partial charge >= 0.3 is 6.09 Å². The maximum atomic E-state index is 12.9.